The number of benzene rings is 1. The zero-order chi connectivity index (χ0) is 19.8. The van der Waals surface area contributed by atoms with Crippen LogP contribution in [0.4, 0.5) is 5.95 Å². The molecule has 0 unspecified atom stereocenters. The molecule has 0 atom stereocenters. The van der Waals surface area contributed by atoms with Crippen LogP contribution in [0.2, 0.25) is 5.02 Å². The number of amides is 1. The molecule has 140 valence electrons. The second kappa shape index (κ2) is 6.74. The molecule has 3 heterocycles. The molecule has 3 aromatic rings. The topological polar surface area (TPSA) is 138 Å². The number of H-pyrrole nitrogens is 1. The molecule has 1 aliphatic heterocycles. The van der Waals surface area contributed by atoms with Crippen LogP contribution < -0.4 is 5.01 Å². The number of aromatic amines is 1. The Morgan fingerprint density at radius 3 is 2.86 bits per heavy atom. The summed E-state index contributed by atoms with van der Waals surface area (Å²) in [5.41, 5.74) is 1.30. The molecule has 0 radical (unpaired) electrons. The van der Waals surface area contributed by atoms with E-state index in [1.54, 1.807) is 31.2 Å². The first-order valence-electron chi connectivity index (χ1n) is 7.92. The molecule has 0 bridgehead atoms. The van der Waals surface area contributed by atoms with E-state index in [-0.39, 0.29) is 16.5 Å². The summed E-state index contributed by atoms with van der Waals surface area (Å²) in [4.78, 5) is 23.8. The summed E-state index contributed by atoms with van der Waals surface area (Å²) in [6.07, 6.45) is 1.54. The molecule has 0 aliphatic carbocycles. The van der Waals surface area contributed by atoms with Gasteiger partial charge in [0.2, 0.25) is 0 Å². The van der Waals surface area contributed by atoms with Crippen molar-refractivity contribution in [3.8, 4) is 11.3 Å². The summed E-state index contributed by atoms with van der Waals surface area (Å²) in [5.74, 6) is -0.687. The van der Waals surface area contributed by atoms with Gasteiger partial charge in [0.05, 0.1) is 21.9 Å². The third kappa shape index (κ3) is 3.05. The fraction of sp³-hybridized carbons (Fsp3) is 0.0588. The smallest absolute Gasteiger partial charge is 0.337 e. The van der Waals surface area contributed by atoms with E-state index in [0.717, 1.165) is 5.01 Å². The van der Waals surface area contributed by atoms with E-state index < -0.39 is 11.9 Å². The number of carbonyl (C=O) groups is 2. The molecule has 0 spiro atoms. The SMILES string of the molecule is CC1=NN(c2nn[nH]n2)C(=O)/C1=C\c1ccc(-c2ccc(Cl)c(C(=O)O)c2)o1. The minimum Gasteiger partial charge on any atom is -0.478 e. The van der Waals surface area contributed by atoms with E-state index in [0.29, 0.717) is 28.4 Å². The molecule has 1 aliphatic rings. The Labute approximate surface area is 162 Å². The number of hydrogen-bond acceptors (Lipinski definition) is 7. The molecule has 28 heavy (non-hydrogen) atoms. The van der Waals surface area contributed by atoms with Crippen LogP contribution >= 0.6 is 11.6 Å². The number of hydrogen-bond donors (Lipinski definition) is 2. The maximum absolute atomic E-state index is 12.6. The van der Waals surface area contributed by atoms with Gasteiger partial charge in [-0.2, -0.15) is 15.3 Å². The van der Waals surface area contributed by atoms with Crippen molar-refractivity contribution in [2.24, 2.45) is 5.10 Å². The molecule has 0 fully saturated rings. The van der Waals surface area contributed by atoms with Gasteiger partial charge in [0, 0.05) is 5.56 Å². The summed E-state index contributed by atoms with van der Waals surface area (Å²) in [7, 11) is 0. The molecule has 2 aromatic heterocycles. The lowest BCUT2D eigenvalue weighted by molar-refractivity contribution is -0.114. The molecular weight excluding hydrogens is 388 g/mol. The van der Waals surface area contributed by atoms with Gasteiger partial charge >= 0.3 is 5.97 Å². The Balaban J connectivity index is 1.64. The van der Waals surface area contributed by atoms with Gasteiger partial charge in [0.25, 0.3) is 11.9 Å². The van der Waals surface area contributed by atoms with Gasteiger partial charge in [-0.1, -0.05) is 16.7 Å². The van der Waals surface area contributed by atoms with Gasteiger partial charge in [0.15, 0.2) is 0 Å². The largest absolute Gasteiger partial charge is 0.478 e. The van der Waals surface area contributed by atoms with E-state index in [2.05, 4.69) is 25.7 Å². The Bertz CT molecular complexity index is 1150. The number of furan rings is 1. The number of aromatic carboxylic acids is 1. The van der Waals surface area contributed by atoms with Crippen molar-refractivity contribution in [3.63, 3.8) is 0 Å². The molecule has 0 saturated heterocycles. The number of nitrogens with zero attached hydrogens (tertiary/aromatic N) is 5. The predicted molar refractivity (Wildman–Crippen MR) is 98.9 cm³/mol. The molecule has 10 nitrogen and oxygen atoms in total. The van der Waals surface area contributed by atoms with Gasteiger partial charge < -0.3 is 9.52 Å². The van der Waals surface area contributed by atoms with Crippen LogP contribution in [0.25, 0.3) is 17.4 Å². The molecule has 4 rings (SSSR count). The number of hydrazone groups is 1. The summed E-state index contributed by atoms with van der Waals surface area (Å²) < 4.78 is 5.74. The van der Waals surface area contributed by atoms with Crippen molar-refractivity contribution < 1.29 is 19.1 Å². The zero-order valence-corrected chi connectivity index (χ0v) is 15.0. The Kier molecular flexibility index (Phi) is 4.24. The number of rotatable bonds is 4. The fourth-order valence-corrected chi connectivity index (χ4v) is 2.83. The van der Waals surface area contributed by atoms with E-state index in [1.807, 2.05) is 0 Å². The predicted octanol–water partition coefficient (Wildman–Crippen LogP) is 2.62. The van der Waals surface area contributed by atoms with Crippen molar-refractivity contribution >= 4 is 41.2 Å². The van der Waals surface area contributed by atoms with Crippen molar-refractivity contribution in [1.29, 1.82) is 0 Å². The lowest BCUT2D eigenvalue weighted by Gasteiger charge is -2.04. The summed E-state index contributed by atoms with van der Waals surface area (Å²) in [5, 5.41) is 27.6. The minimum absolute atomic E-state index is 0.0276. The standard InChI is InChI=1S/C17H11ClN6O4/c1-8-11(15(25)24(21-8)17-19-22-23-20-17)7-10-3-5-14(28-10)9-2-4-13(18)12(6-9)16(26)27/h2-7H,1H3,(H,26,27)(H,19,20,22,23)/b11-7-. The van der Waals surface area contributed by atoms with Gasteiger partial charge in [-0.3, -0.25) is 4.79 Å². The van der Waals surface area contributed by atoms with Crippen LogP contribution in [0.15, 0.2) is 45.4 Å². The van der Waals surface area contributed by atoms with Crippen molar-refractivity contribution in [2.45, 2.75) is 6.92 Å². The fourth-order valence-electron chi connectivity index (χ4n) is 2.64. The maximum Gasteiger partial charge on any atom is 0.337 e. The number of anilines is 1. The number of aromatic nitrogens is 4. The molecule has 0 saturated carbocycles. The molecule has 2 N–H and O–H groups in total. The third-order valence-electron chi connectivity index (χ3n) is 3.98. The average Bonchev–Trinajstić information content (AvgIpc) is 3.39. The number of tetrazole rings is 1. The van der Waals surface area contributed by atoms with Crippen molar-refractivity contribution in [3.05, 3.63) is 52.3 Å². The lowest BCUT2D eigenvalue weighted by atomic mass is 10.1. The van der Waals surface area contributed by atoms with Crippen LogP contribution in [-0.4, -0.2) is 43.3 Å². The molecule has 1 amide bonds. The first-order valence-corrected chi connectivity index (χ1v) is 8.30. The highest BCUT2D eigenvalue weighted by Gasteiger charge is 2.31. The van der Waals surface area contributed by atoms with Gasteiger partial charge in [-0.15, -0.1) is 5.10 Å². The molecular formula is C17H11ClN6O4. The van der Waals surface area contributed by atoms with Crippen LogP contribution in [0.1, 0.15) is 23.0 Å². The highest BCUT2D eigenvalue weighted by molar-refractivity contribution is 6.33. The third-order valence-corrected chi connectivity index (χ3v) is 4.31. The van der Waals surface area contributed by atoms with E-state index in [1.165, 1.54) is 12.1 Å². The first kappa shape index (κ1) is 17.6. The molecule has 1 aromatic carbocycles. The van der Waals surface area contributed by atoms with Gasteiger partial charge in [0.1, 0.15) is 11.5 Å². The number of halogens is 1. The highest BCUT2D eigenvalue weighted by atomic mass is 35.5. The monoisotopic (exact) mass is 398 g/mol. The highest BCUT2D eigenvalue weighted by Crippen LogP contribution is 2.28. The summed E-state index contributed by atoms with van der Waals surface area (Å²) in [6.45, 7) is 1.67. The number of carboxylic acid groups (broad SMARTS) is 1. The van der Waals surface area contributed by atoms with E-state index in [9.17, 15) is 14.7 Å². The number of nitrogens with one attached hydrogen (secondary N) is 1. The quantitative estimate of drug-likeness (QED) is 0.644. The average molecular weight is 399 g/mol. The van der Waals surface area contributed by atoms with Crippen LogP contribution in [0, 0.1) is 0 Å². The lowest BCUT2D eigenvalue weighted by Crippen LogP contribution is -2.22. The normalized spacial score (nSPS) is 15.4. The summed E-state index contributed by atoms with van der Waals surface area (Å²) >= 11 is 5.89. The van der Waals surface area contributed by atoms with Crippen molar-refractivity contribution in [2.75, 3.05) is 5.01 Å². The summed E-state index contributed by atoms with van der Waals surface area (Å²) in [6, 6.07) is 7.89. The van der Waals surface area contributed by atoms with E-state index >= 15 is 0 Å². The van der Waals surface area contributed by atoms with E-state index in [4.69, 9.17) is 16.0 Å². The number of carbonyl (C=O) groups excluding carboxylic acids is 1. The molecule has 11 heteroatoms. The van der Waals surface area contributed by atoms with Crippen molar-refractivity contribution in [1.82, 2.24) is 20.6 Å². The Morgan fingerprint density at radius 2 is 2.14 bits per heavy atom. The van der Waals surface area contributed by atoms with Crippen LogP contribution in [0.5, 0.6) is 0 Å². The van der Waals surface area contributed by atoms with Gasteiger partial charge in [-0.05, 0) is 48.5 Å². The number of carboxylic acids is 1. The van der Waals surface area contributed by atoms with Gasteiger partial charge in [-0.25, -0.2) is 4.79 Å². The maximum atomic E-state index is 12.6. The van der Waals surface area contributed by atoms with Crippen LogP contribution in [-0.2, 0) is 4.79 Å². The Morgan fingerprint density at radius 1 is 1.32 bits per heavy atom. The minimum atomic E-state index is -1.13. The van der Waals surface area contributed by atoms with Crippen LogP contribution in [0.3, 0.4) is 0 Å². The zero-order valence-electron chi connectivity index (χ0n) is 14.3. The Hall–Kier alpha value is -3.79. The second-order valence-electron chi connectivity index (χ2n) is 5.77. The first-order chi connectivity index (χ1) is 13.4. The second-order valence-corrected chi connectivity index (χ2v) is 6.18.